The van der Waals surface area contributed by atoms with Crippen LogP contribution in [0.15, 0.2) is 60.8 Å². The number of nitrogens with zero attached hydrogens (tertiary/aromatic N) is 2. The van der Waals surface area contributed by atoms with Gasteiger partial charge in [0.25, 0.3) is 0 Å². The Labute approximate surface area is 234 Å². The number of carbonyl (C=O) groups is 1. The topological polar surface area (TPSA) is 82.7 Å². The molecule has 1 aromatic heterocycles. The molecule has 39 heavy (non-hydrogen) atoms. The normalized spacial score (nSPS) is 11.9. The summed E-state index contributed by atoms with van der Waals surface area (Å²) in [4.78, 5) is 18.8. The summed E-state index contributed by atoms with van der Waals surface area (Å²) < 4.78 is 33.2. The minimum absolute atomic E-state index is 0.0768. The second-order valence-electron chi connectivity index (χ2n) is 10.2. The molecule has 1 amide bonds. The monoisotopic (exact) mass is 555 g/mol. The highest BCUT2D eigenvalue weighted by Crippen LogP contribution is 2.19. The molecule has 0 atom stereocenters. The van der Waals surface area contributed by atoms with Gasteiger partial charge in [-0.3, -0.25) is 4.79 Å². The fourth-order valence-electron chi connectivity index (χ4n) is 4.84. The van der Waals surface area contributed by atoms with E-state index in [0.717, 1.165) is 47.7 Å². The molecule has 0 saturated carbocycles. The lowest BCUT2D eigenvalue weighted by Gasteiger charge is -2.27. The maximum absolute atomic E-state index is 13.7. The van der Waals surface area contributed by atoms with Crippen molar-refractivity contribution in [2.45, 2.75) is 64.8 Å². The fourth-order valence-corrected chi connectivity index (χ4v) is 6.38. The lowest BCUT2D eigenvalue weighted by atomic mass is 10.1. The molecule has 214 valence electrons. The zero-order chi connectivity index (χ0) is 27.9. The van der Waals surface area contributed by atoms with E-state index in [1.807, 2.05) is 54.7 Å². The maximum Gasteiger partial charge on any atom is 0.238 e. The number of fused-ring (bicyclic) bond motifs is 1. The number of rotatable bonds is 19. The molecule has 1 N–H and O–H groups in total. The van der Waals surface area contributed by atoms with Gasteiger partial charge in [-0.1, -0.05) is 87.6 Å². The number of para-hydroxylation sites is 1. The van der Waals surface area contributed by atoms with Crippen LogP contribution in [0.2, 0.25) is 0 Å². The number of sulfonamides is 1. The molecule has 0 fully saturated rings. The van der Waals surface area contributed by atoms with E-state index in [9.17, 15) is 13.2 Å². The number of amides is 1. The summed E-state index contributed by atoms with van der Waals surface area (Å²) in [5, 5.41) is 1.15. The number of benzene rings is 2. The summed E-state index contributed by atoms with van der Waals surface area (Å²) in [6, 6.07) is 18.0. The van der Waals surface area contributed by atoms with Gasteiger partial charge in [0.2, 0.25) is 15.9 Å². The zero-order valence-electron chi connectivity index (χ0n) is 23.6. The zero-order valence-corrected chi connectivity index (χ0v) is 24.4. The summed E-state index contributed by atoms with van der Waals surface area (Å²) in [5.41, 5.74) is 3.23. The smallest absolute Gasteiger partial charge is 0.238 e. The Hall–Kier alpha value is -2.68. The summed E-state index contributed by atoms with van der Waals surface area (Å²) in [6.45, 7) is 3.68. The molecular formula is C31H45N3O4S. The quantitative estimate of drug-likeness (QED) is 0.191. The first-order valence-corrected chi connectivity index (χ1v) is 15.9. The lowest BCUT2D eigenvalue weighted by Crippen LogP contribution is -2.44. The van der Waals surface area contributed by atoms with Crippen molar-refractivity contribution in [1.82, 2.24) is 14.2 Å². The predicted octanol–water partition coefficient (Wildman–Crippen LogP) is 5.77. The minimum Gasteiger partial charge on any atom is -0.385 e. The average molecular weight is 556 g/mol. The molecule has 0 aliphatic rings. The average Bonchev–Trinajstić information content (AvgIpc) is 3.36. The van der Waals surface area contributed by atoms with Gasteiger partial charge in [0.1, 0.15) is 0 Å². The van der Waals surface area contributed by atoms with Gasteiger partial charge in [0, 0.05) is 50.5 Å². The van der Waals surface area contributed by atoms with Gasteiger partial charge < -0.3 is 14.6 Å². The molecule has 0 bridgehead atoms. The molecule has 8 heteroatoms. The molecule has 1 heterocycles. The standard InChI is InChI=1S/C31H45N3O4S/c1-3-4-5-6-7-13-23-39(36,37)34(20-14-22-38-2)26-31(35)33(25-27-15-9-8-10-16-27)21-19-28-24-32-30-18-12-11-17-29(28)30/h8-12,15-18,24,32H,3-7,13-14,19-23,25-26H2,1-2H3. The van der Waals surface area contributed by atoms with Crippen molar-refractivity contribution in [1.29, 1.82) is 0 Å². The van der Waals surface area contributed by atoms with Gasteiger partial charge >= 0.3 is 0 Å². The molecule has 0 saturated heterocycles. The van der Waals surface area contributed by atoms with Crippen molar-refractivity contribution in [3.8, 4) is 0 Å². The van der Waals surface area contributed by atoms with Crippen molar-refractivity contribution >= 4 is 26.8 Å². The lowest BCUT2D eigenvalue weighted by molar-refractivity contribution is -0.132. The molecule has 2 aromatic carbocycles. The summed E-state index contributed by atoms with van der Waals surface area (Å²) >= 11 is 0. The first-order chi connectivity index (χ1) is 18.9. The van der Waals surface area contributed by atoms with Crippen LogP contribution in [0, 0.1) is 0 Å². The molecule has 0 spiro atoms. The number of ether oxygens (including phenoxy) is 1. The Balaban J connectivity index is 1.71. The van der Waals surface area contributed by atoms with Crippen LogP contribution in [0.4, 0.5) is 0 Å². The van der Waals surface area contributed by atoms with Gasteiger partial charge in [0.15, 0.2) is 0 Å². The number of H-pyrrole nitrogens is 1. The molecule has 3 aromatic rings. The highest BCUT2D eigenvalue weighted by molar-refractivity contribution is 7.89. The van der Waals surface area contributed by atoms with E-state index in [-0.39, 0.29) is 24.7 Å². The number of carbonyl (C=O) groups excluding carboxylic acids is 1. The highest BCUT2D eigenvalue weighted by Gasteiger charge is 2.26. The number of hydrogen-bond donors (Lipinski definition) is 1. The van der Waals surface area contributed by atoms with Gasteiger partial charge in [-0.15, -0.1) is 0 Å². The molecule has 0 aliphatic carbocycles. The van der Waals surface area contributed by atoms with Gasteiger partial charge in [-0.2, -0.15) is 4.31 Å². The molecule has 0 radical (unpaired) electrons. The van der Waals surface area contributed by atoms with Crippen molar-refractivity contribution in [2.75, 3.05) is 39.1 Å². The van der Waals surface area contributed by atoms with Crippen molar-refractivity contribution in [2.24, 2.45) is 0 Å². The van der Waals surface area contributed by atoms with Gasteiger partial charge in [-0.25, -0.2) is 8.42 Å². The Morgan fingerprint density at radius 2 is 1.62 bits per heavy atom. The van der Waals surface area contributed by atoms with Crippen LogP contribution < -0.4 is 0 Å². The summed E-state index contributed by atoms with van der Waals surface area (Å²) in [6.07, 6.45) is 9.26. The Bertz CT molecular complexity index is 1230. The van der Waals surface area contributed by atoms with Crippen LogP contribution in [0.25, 0.3) is 10.9 Å². The number of methoxy groups -OCH3 is 1. The van der Waals surface area contributed by atoms with Gasteiger partial charge in [-0.05, 0) is 36.5 Å². The number of nitrogens with one attached hydrogen (secondary N) is 1. The number of aromatic nitrogens is 1. The fraction of sp³-hybridized carbons (Fsp3) is 0.516. The number of unbranched alkanes of at least 4 members (excludes halogenated alkanes) is 5. The van der Waals surface area contributed by atoms with E-state index in [1.165, 1.54) is 10.7 Å². The summed E-state index contributed by atoms with van der Waals surface area (Å²) in [7, 11) is -1.95. The van der Waals surface area contributed by atoms with Crippen LogP contribution in [0.1, 0.15) is 63.0 Å². The Morgan fingerprint density at radius 3 is 2.38 bits per heavy atom. The van der Waals surface area contributed by atoms with Crippen LogP contribution in [0.3, 0.4) is 0 Å². The molecule has 0 aliphatic heterocycles. The minimum atomic E-state index is -3.56. The van der Waals surface area contributed by atoms with Crippen LogP contribution >= 0.6 is 0 Å². The van der Waals surface area contributed by atoms with E-state index in [0.29, 0.717) is 39.0 Å². The first kappa shape index (κ1) is 30.9. The van der Waals surface area contributed by atoms with E-state index in [4.69, 9.17) is 4.74 Å². The van der Waals surface area contributed by atoms with E-state index < -0.39 is 10.0 Å². The van der Waals surface area contributed by atoms with E-state index >= 15 is 0 Å². The third-order valence-corrected chi connectivity index (χ3v) is 9.01. The first-order valence-electron chi connectivity index (χ1n) is 14.3. The molecule has 3 rings (SSSR count). The molecule has 0 unspecified atom stereocenters. The maximum atomic E-state index is 13.7. The Kier molecular flexibility index (Phi) is 13.0. The number of aromatic amines is 1. The third kappa shape index (κ3) is 10.1. The van der Waals surface area contributed by atoms with E-state index in [1.54, 1.807) is 12.0 Å². The Morgan fingerprint density at radius 1 is 0.897 bits per heavy atom. The van der Waals surface area contributed by atoms with Crippen LogP contribution in [0.5, 0.6) is 0 Å². The third-order valence-electron chi connectivity index (χ3n) is 7.11. The second-order valence-corrected chi connectivity index (χ2v) is 12.3. The predicted molar refractivity (Wildman–Crippen MR) is 159 cm³/mol. The van der Waals surface area contributed by atoms with Crippen LogP contribution in [-0.4, -0.2) is 67.6 Å². The highest BCUT2D eigenvalue weighted by atomic mass is 32.2. The number of hydrogen-bond acceptors (Lipinski definition) is 4. The van der Waals surface area contributed by atoms with Crippen molar-refractivity contribution in [3.05, 3.63) is 71.9 Å². The van der Waals surface area contributed by atoms with Crippen molar-refractivity contribution in [3.63, 3.8) is 0 Å². The molecule has 7 nitrogen and oxygen atoms in total. The SMILES string of the molecule is CCCCCCCCS(=O)(=O)N(CCCOC)CC(=O)N(CCc1c[nH]c2ccccc12)Cc1ccccc1. The second kappa shape index (κ2) is 16.4. The van der Waals surface area contributed by atoms with Crippen molar-refractivity contribution < 1.29 is 17.9 Å². The van der Waals surface area contributed by atoms with E-state index in [2.05, 4.69) is 18.0 Å². The molecular weight excluding hydrogens is 510 g/mol. The largest absolute Gasteiger partial charge is 0.385 e. The summed E-state index contributed by atoms with van der Waals surface area (Å²) in [5.74, 6) is -0.101. The van der Waals surface area contributed by atoms with Gasteiger partial charge in [0.05, 0.1) is 12.3 Å². The van der Waals surface area contributed by atoms with Crippen LogP contribution in [-0.2, 0) is 32.5 Å².